The summed E-state index contributed by atoms with van der Waals surface area (Å²) in [5.41, 5.74) is 0.857. The van der Waals surface area contributed by atoms with Crippen molar-refractivity contribution in [3.8, 4) is 0 Å². The van der Waals surface area contributed by atoms with E-state index in [-0.39, 0.29) is 12.0 Å². The molecule has 1 rings (SSSR count). The Balaban J connectivity index is 2.71. The van der Waals surface area contributed by atoms with Crippen LogP contribution in [-0.4, -0.2) is 18.6 Å². The van der Waals surface area contributed by atoms with Crippen molar-refractivity contribution in [2.75, 3.05) is 11.9 Å². The van der Waals surface area contributed by atoms with E-state index in [1.165, 1.54) is 0 Å². The van der Waals surface area contributed by atoms with Gasteiger partial charge in [-0.2, -0.15) is 0 Å². The summed E-state index contributed by atoms with van der Waals surface area (Å²) in [5, 5.41) is 3.87. The van der Waals surface area contributed by atoms with Crippen molar-refractivity contribution in [2.24, 2.45) is 0 Å². The first kappa shape index (κ1) is 17.3. The first-order valence-electron chi connectivity index (χ1n) is 6.96. The molecule has 0 amide bonds. The van der Waals surface area contributed by atoms with Crippen LogP contribution in [0.1, 0.15) is 39.5 Å². The molecule has 0 aliphatic rings. The summed E-state index contributed by atoms with van der Waals surface area (Å²) in [7, 11) is 0. The largest absolute Gasteiger partial charge is 0.464 e. The van der Waals surface area contributed by atoms with Gasteiger partial charge < -0.3 is 10.1 Å². The van der Waals surface area contributed by atoms with Gasteiger partial charge in [0.05, 0.1) is 11.6 Å². The number of halogens is 2. The van der Waals surface area contributed by atoms with Crippen molar-refractivity contribution in [3.05, 3.63) is 27.7 Å². The Morgan fingerprint density at radius 1 is 1.40 bits per heavy atom. The van der Waals surface area contributed by atoms with Gasteiger partial charge in [-0.25, -0.2) is 4.79 Å². The van der Waals surface area contributed by atoms with E-state index in [1.807, 2.05) is 19.1 Å². The molecule has 3 nitrogen and oxygen atoms in total. The number of unbranched alkanes of at least 4 members (excludes halogenated alkanes) is 2. The van der Waals surface area contributed by atoms with Crippen LogP contribution in [0.25, 0.3) is 0 Å². The molecule has 0 aromatic heterocycles. The molecule has 0 saturated carbocycles. The van der Waals surface area contributed by atoms with Gasteiger partial charge in [0.25, 0.3) is 0 Å². The molecule has 1 N–H and O–H groups in total. The zero-order chi connectivity index (χ0) is 15.0. The molecular formula is C15H21BrClNO2. The number of hydrogen-bond acceptors (Lipinski definition) is 3. The van der Waals surface area contributed by atoms with E-state index >= 15 is 0 Å². The summed E-state index contributed by atoms with van der Waals surface area (Å²) in [6.07, 6.45) is 4.01. The van der Waals surface area contributed by atoms with E-state index in [0.717, 1.165) is 35.8 Å². The fraction of sp³-hybridized carbons (Fsp3) is 0.533. The molecule has 5 heteroatoms. The molecule has 1 unspecified atom stereocenters. The van der Waals surface area contributed by atoms with Crippen LogP contribution in [0.15, 0.2) is 22.7 Å². The number of benzene rings is 1. The molecule has 0 saturated heterocycles. The number of hydrogen-bond donors (Lipinski definition) is 1. The predicted octanol–water partition coefficient (Wildman–Crippen LogP) is 5.03. The number of rotatable bonds is 8. The Bertz CT molecular complexity index is 440. The minimum atomic E-state index is -0.311. The Labute approximate surface area is 134 Å². The molecule has 0 radical (unpaired) electrons. The highest BCUT2D eigenvalue weighted by Crippen LogP contribution is 2.26. The van der Waals surface area contributed by atoms with Gasteiger partial charge in [0.2, 0.25) is 0 Å². The molecule has 112 valence electrons. The lowest BCUT2D eigenvalue weighted by Crippen LogP contribution is -2.31. The molecule has 1 atom stereocenters. The van der Waals surface area contributed by atoms with E-state index in [0.29, 0.717) is 11.6 Å². The van der Waals surface area contributed by atoms with Gasteiger partial charge in [-0.05, 0) is 47.5 Å². The van der Waals surface area contributed by atoms with E-state index < -0.39 is 0 Å². The van der Waals surface area contributed by atoms with Gasteiger partial charge in [-0.1, -0.05) is 37.8 Å². The molecule has 0 aliphatic heterocycles. The second-order valence-corrected chi connectivity index (χ2v) is 5.84. The van der Waals surface area contributed by atoms with Crippen molar-refractivity contribution in [1.29, 1.82) is 0 Å². The monoisotopic (exact) mass is 361 g/mol. The Kier molecular flexibility index (Phi) is 8.00. The molecular weight excluding hydrogens is 342 g/mol. The average molecular weight is 363 g/mol. The first-order valence-corrected chi connectivity index (χ1v) is 8.13. The zero-order valence-corrected chi connectivity index (χ0v) is 14.3. The Morgan fingerprint density at radius 2 is 2.15 bits per heavy atom. The second-order valence-electron chi connectivity index (χ2n) is 4.57. The molecule has 0 bridgehead atoms. The van der Waals surface area contributed by atoms with Crippen LogP contribution in [0.2, 0.25) is 5.02 Å². The number of anilines is 1. The maximum Gasteiger partial charge on any atom is 0.328 e. The SMILES string of the molecule is CCCCCC(Nc1ccc(Cl)c(Br)c1)C(=O)OCC. The van der Waals surface area contributed by atoms with E-state index in [9.17, 15) is 4.79 Å². The smallest absolute Gasteiger partial charge is 0.328 e. The Morgan fingerprint density at radius 3 is 2.75 bits per heavy atom. The van der Waals surface area contributed by atoms with Crippen molar-refractivity contribution in [2.45, 2.75) is 45.6 Å². The van der Waals surface area contributed by atoms with Gasteiger partial charge in [0, 0.05) is 10.2 Å². The minimum absolute atomic E-state index is 0.199. The topological polar surface area (TPSA) is 38.3 Å². The number of ether oxygens (including phenoxy) is 1. The third kappa shape index (κ3) is 5.71. The quantitative estimate of drug-likeness (QED) is 0.521. The summed E-state index contributed by atoms with van der Waals surface area (Å²) in [6, 6.07) is 5.21. The number of nitrogens with one attached hydrogen (secondary N) is 1. The zero-order valence-electron chi connectivity index (χ0n) is 11.9. The third-order valence-corrected chi connectivity index (χ3v) is 4.14. The Hall–Kier alpha value is -0.740. The van der Waals surface area contributed by atoms with Crippen LogP contribution < -0.4 is 5.32 Å². The molecule has 0 spiro atoms. The fourth-order valence-corrected chi connectivity index (χ4v) is 2.37. The average Bonchev–Trinajstić information content (AvgIpc) is 2.42. The van der Waals surface area contributed by atoms with Crippen LogP contribution in [0.3, 0.4) is 0 Å². The number of esters is 1. The molecule has 0 aliphatic carbocycles. The van der Waals surface area contributed by atoms with Crippen LogP contribution in [0, 0.1) is 0 Å². The molecule has 0 heterocycles. The third-order valence-electron chi connectivity index (χ3n) is 2.93. The van der Waals surface area contributed by atoms with Gasteiger partial charge in [-0.15, -0.1) is 0 Å². The van der Waals surface area contributed by atoms with Crippen LogP contribution in [0.5, 0.6) is 0 Å². The van der Waals surface area contributed by atoms with Crippen LogP contribution >= 0.6 is 27.5 Å². The number of carbonyl (C=O) groups excluding carboxylic acids is 1. The lowest BCUT2D eigenvalue weighted by Gasteiger charge is -2.18. The van der Waals surface area contributed by atoms with Gasteiger partial charge in [0.15, 0.2) is 0 Å². The molecule has 1 aromatic rings. The normalized spacial score (nSPS) is 12.0. The summed E-state index contributed by atoms with van der Waals surface area (Å²) in [4.78, 5) is 12.0. The van der Waals surface area contributed by atoms with E-state index in [2.05, 4.69) is 28.2 Å². The predicted molar refractivity (Wildman–Crippen MR) is 87.3 cm³/mol. The highest BCUT2D eigenvalue weighted by atomic mass is 79.9. The van der Waals surface area contributed by atoms with Crippen molar-refractivity contribution >= 4 is 39.2 Å². The first-order chi connectivity index (χ1) is 9.58. The van der Waals surface area contributed by atoms with E-state index in [1.54, 1.807) is 6.07 Å². The molecule has 0 fully saturated rings. The van der Waals surface area contributed by atoms with Crippen molar-refractivity contribution in [3.63, 3.8) is 0 Å². The lowest BCUT2D eigenvalue weighted by atomic mass is 10.1. The second kappa shape index (κ2) is 9.24. The minimum Gasteiger partial charge on any atom is -0.464 e. The summed E-state index contributed by atoms with van der Waals surface area (Å²) in [6.45, 7) is 4.36. The highest BCUT2D eigenvalue weighted by molar-refractivity contribution is 9.10. The fourth-order valence-electron chi connectivity index (χ4n) is 1.88. The summed E-state index contributed by atoms with van der Waals surface area (Å²) in [5.74, 6) is -0.199. The molecule has 1 aromatic carbocycles. The van der Waals surface area contributed by atoms with Gasteiger partial charge in [0.1, 0.15) is 6.04 Å². The van der Waals surface area contributed by atoms with Gasteiger partial charge >= 0.3 is 5.97 Å². The molecule has 20 heavy (non-hydrogen) atoms. The van der Waals surface area contributed by atoms with Gasteiger partial charge in [-0.3, -0.25) is 0 Å². The summed E-state index contributed by atoms with van der Waals surface area (Å²) >= 11 is 9.35. The highest BCUT2D eigenvalue weighted by Gasteiger charge is 2.19. The standard InChI is InChI=1S/C15H21BrClNO2/c1-3-5-6-7-14(15(19)20-4-2)18-11-8-9-13(17)12(16)10-11/h8-10,14,18H,3-7H2,1-2H3. The summed E-state index contributed by atoms with van der Waals surface area (Å²) < 4.78 is 5.93. The van der Waals surface area contributed by atoms with Crippen molar-refractivity contribution < 1.29 is 9.53 Å². The maximum atomic E-state index is 12.0. The lowest BCUT2D eigenvalue weighted by molar-refractivity contribution is -0.144. The van der Waals surface area contributed by atoms with Crippen LogP contribution in [-0.2, 0) is 9.53 Å². The maximum absolute atomic E-state index is 12.0. The van der Waals surface area contributed by atoms with E-state index in [4.69, 9.17) is 16.3 Å². The number of carbonyl (C=O) groups is 1. The van der Waals surface area contributed by atoms with Crippen molar-refractivity contribution in [1.82, 2.24) is 0 Å². The van der Waals surface area contributed by atoms with Crippen LogP contribution in [0.4, 0.5) is 5.69 Å².